The summed E-state index contributed by atoms with van der Waals surface area (Å²) in [6.07, 6.45) is 2.67. The van der Waals surface area contributed by atoms with Gasteiger partial charge < -0.3 is 25.3 Å². The molecule has 202 valence electrons. The van der Waals surface area contributed by atoms with Crippen molar-refractivity contribution in [3.05, 3.63) is 84.9 Å². The van der Waals surface area contributed by atoms with E-state index in [2.05, 4.69) is 81.4 Å². The number of aromatic nitrogens is 2. The van der Waals surface area contributed by atoms with E-state index in [-0.39, 0.29) is 6.03 Å². The molecular weight excluding hydrogens is 488 g/mol. The molecule has 1 fully saturated rings. The van der Waals surface area contributed by atoms with Gasteiger partial charge >= 0.3 is 6.03 Å². The van der Waals surface area contributed by atoms with Gasteiger partial charge in [0.1, 0.15) is 23.7 Å². The molecule has 0 spiro atoms. The van der Waals surface area contributed by atoms with Crippen LogP contribution in [0, 0.1) is 0 Å². The number of hydrogen-bond acceptors (Lipinski definition) is 5. The Morgan fingerprint density at radius 3 is 2.54 bits per heavy atom. The Labute approximate surface area is 229 Å². The van der Waals surface area contributed by atoms with Crippen molar-refractivity contribution in [2.24, 2.45) is 0 Å². The number of benzene rings is 3. The molecule has 4 aromatic rings. The number of nitrogens with one attached hydrogen (secondary N) is 3. The van der Waals surface area contributed by atoms with Crippen LogP contribution in [-0.4, -0.2) is 66.8 Å². The first kappa shape index (κ1) is 26.3. The predicted molar refractivity (Wildman–Crippen MR) is 159 cm³/mol. The smallest absolute Gasteiger partial charge is 0.319 e. The quantitative estimate of drug-likeness (QED) is 0.245. The Kier molecular flexibility index (Phi) is 8.43. The number of ether oxygens (including phenoxy) is 1. The number of para-hydroxylation sites is 1. The monoisotopic (exact) mass is 524 g/mol. The maximum Gasteiger partial charge on any atom is 0.319 e. The fourth-order valence-corrected chi connectivity index (χ4v) is 4.79. The number of nitrogens with zero attached hydrogens (tertiary/aromatic N) is 3. The fraction of sp³-hybridized carbons (Fsp3) is 0.290. The molecule has 8 nitrogen and oxygen atoms in total. The first-order valence-corrected chi connectivity index (χ1v) is 13.6. The zero-order valence-corrected chi connectivity index (χ0v) is 22.5. The Morgan fingerprint density at radius 1 is 1.05 bits per heavy atom. The summed E-state index contributed by atoms with van der Waals surface area (Å²) < 4.78 is 5.95. The Hall–Kier alpha value is -4.30. The average molecular weight is 525 g/mol. The van der Waals surface area contributed by atoms with Crippen molar-refractivity contribution in [2.75, 3.05) is 56.1 Å². The topological polar surface area (TPSA) is 85.5 Å². The summed E-state index contributed by atoms with van der Waals surface area (Å²) in [4.78, 5) is 25.1. The number of aryl methyl sites for hydroxylation is 1. The normalized spacial score (nSPS) is 13.8. The molecule has 5 rings (SSSR count). The molecule has 3 aromatic carbocycles. The van der Waals surface area contributed by atoms with Gasteiger partial charge in [-0.15, -0.1) is 6.58 Å². The molecule has 0 radical (unpaired) electrons. The molecule has 0 bridgehead atoms. The van der Waals surface area contributed by atoms with Gasteiger partial charge in [-0.25, -0.2) is 9.78 Å². The van der Waals surface area contributed by atoms with E-state index in [1.54, 1.807) is 6.08 Å². The Morgan fingerprint density at radius 2 is 1.82 bits per heavy atom. The van der Waals surface area contributed by atoms with Gasteiger partial charge in [0, 0.05) is 50.5 Å². The molecule has 1 saturated heterocycles. The lowest BCUT2D eigenvalue weighted by atomic mass is 10.1. The van der Waals surface area contributed by atoms with E-state index >= 15 is 0 Å². The molecule has 0 aliphatic carbocycles. The van der Waals surface area contributed by atoms with Crippen LogP contribution in [0.3, 0.4) is 0 Å². The maximum absolute atomic E-state index is 11.7. The minimum absolute atomic E-state index is 0.256. The highest BCUT2D eigenvalue weighted by molar-refractivity contribution is 5.91. The average Bonchev–Trinajstić information content (AvgIpc) is 3.42. The molecule has 1 aliphatic rings. The van der Waals surface area contributed by atoms with Gasteiger partial charge in [-0.1, -0.05) is 43.3 Å². The maximum atomic E-state index is 11.7. The van der Waals surface area contributed by atoms with Crippen molar-refractivity contribution < 1.29 is 9.53 Å². The number of rotatable bonds is 10. The largest absolute Gasteiger partial charge is 0.492 e. The molecule has 0 unspecified atom stereocenters. The third-order valence-corrected chi connectivity index (χ3v) is 7.04. The predicted octanol–water partition coefficient (Wildman–Crippen LogP) is 5.30. The molecule has 2 heterocycles. The highest BCUT2D eigenvalue weighted by atomic mass is 16.5. The number of H-pyrrole nitrogens is 1. The van der Waals surface area contributed by atoms with Gasteiger partial charge in [0.2, 0.25) is 0 Å². The number of amides is 2. The first-order chi connectivity index (χ1) is 19.1. The van der Waals surface area contributed by atoms with Crippen LogP contribution in [0.1, 0.15) is 12.5 Å². The van der Waals surface area contributed by atoms with Crippen molar-refractivity contribution in [3.8, 4) is 17.1 Å². The van der Waals surface area contributed by atoms with Crippen molar-refractivity contribution in [2.45, 2.75) is 13.3 Å². The second kappa shape index (κ2) is 12.5. The molecular formula is C31H36N6O2. The van der Waals surface area contributed by atoms with Gasteiger partial charge in [0.25, 0.3) is 0 Å². The second-order valence-corrected chi connectivity index (χ2v) is 9.63. The molecule has 39 heavy (non-hydrogen) atoms. The molecule has 8 heteroatoms. The van der Waals surface area contributed by atoms with Crippen LogP contribution in [0.2, 0.25) is 0 Å². The number of hydrogen-bond donors (Lipinski definition) is 3. The van der Waals surface area contributed by atoms with Crippen LogP contribution in [0.25, 0.3) is 22.4 Å². The lowest BCUT2D eigenvalue weighted by Gasteiger charge is -2.36. The van der Waals surface area contributed by atoms with Crippen LogP contribution < -0.4 is 20.3 Å². The van der Waals surface area contributed by atoms with Gasteiger partial charge in [-0.05, 0) is 48.4 Å². The first-order valence-electron chi connectivity index (χ1n) is 13.6. The SMILES string of the molecule is C=CCNC(=O)Nc1ccc(OCCN2CCN(c3cccc4[nH]c(-c5ccc(CC)cc5)nc34)CC2)cc1. The van der Waals surface area contributed by atoms with Crippen molar-refractivity contribution in [1.29, 1.82) is 0 Å². The number of carbonyl (C=O) groups is 1. The van der Waals surface area contributed by atoms with Gasteiger partial charge in [0.05, 0.1) is 11.2 Å². The number of urea groups is 1. The Bertz CT molecular complexity index is 1390. The summed E-state index contributed by atoms with van der Waals surface area (Å²) in [5, 5.41) is 5.47. The van der Waals surface area contributed by atoms with Gasteiger partial charge in [-0.2, -0.15) is 0 Å². The number of imidazole rings is 1. The van der Waals surface area contributed by atoms with Gasteiger partial charge in [0.15, 0.2) is 0 Å². The van der Waals surface area contributed by atoms with Crippen molar-refractivity contribution >= 4 is 28.4 Å². The zero-order valence-electron chi connectivity index (χ0n) is 22.5. The number of fused-ring (bicyclic) bond motifs is 1. The van der Waals surface area contributed by atoms with Crippen LogP contribution in [0.5, 0.6) is 5.75 Å². The van der Waals surface area contributed by atoms with Gasteiger partial charge in [-0.3, -0.25) is 4.90 Å². The number of anilines is 2. The van der Waals surface area contributed by atoms with Crippen LogP contribution in [0.4, 0.5) is 16.2 Å². The Balaban J connectivity index is 1.11. The van der Waals surface area contributed by atoms with E-state index < -0.39 is 0 Å². The summed E-state index contributed by atoms with van der Waals surface area (Å²) in [6, 6.07) is 22.2. The van der Waals surface area contributed by atoms with E-state index in [0.29, 0.717) is 18.8 Å². The highest BCUT2D eigenvalue weighted by Gasteiger charge is 2.20. The lowest BCUT2D eigenvalue weighted by Crippen LogP contribution is -2.47. The van der Waals surface area contributed by atoms with E-state index in [4.69, 9.17) is 9.72 Å². The highest BCUT2D eigenvalue weighted by Crippen LogP contribution is 2.29. The summed E-state index contributed by atoms with van der Waals surface area (Å²) in [5.74, 6) is 1.70. The molecule has 2 amide bonds. The third kappa shape index (κ3) is 6.59. The molecule has 0 saturated carbocycles. The minimum Gasteiger partial charge on any atom is -0.492 e. The summed E-state index contributed by atoms with van der Waals surface area (Å²) in [6.45, 7) is 11.5. The molecule has 0 atom stereocenters. The van der Waals surface area contributed by atoms with E-state index in [9.17, 15) is 4.79 Å². The second-order valence-electron chi connectivity index (χ2n) is 9.63. The van der Waals surface area contributed by atoms with E-state index in [1.807, 2.05) is 24.3 Å². The van der Waals surface area contributed by atoms with Crippen LogP contribution in [-0.2, 0) is 6.42 Å². The van der Waals surface area contributed by atoms with Crippen molar-refractivity contribution in [3.63, 3.8) is 0 Å². The van der Waals surface area contributed by atoms with E-state index in [0.717, 1.165) is 67.3 Å². The number of carbonyl (C=O) groups excluding carboxylic acids is 1. The van der Waals surface area contributed by atoms with Crippen LogP contribution in [0.15, 0.2) is 79.4 Å². The van der Waals surface area contributed by atoms with E-state index in [1.165, 1.54) is 11.3 Å². The van der Waals surface area contributed by atoms with Crippen LogP contribution >= 0.6 is 0 Å². The third-order valence-electron chi connectivity index (χ3n) is 7.04. The summed E-state index contributed by atoms with van der Waals surface area (Å²) >= 11 is 0. The zero-order chi connectivity index (χ0) is 27.0. The summed E-state index contributed by atoms with van der Waals surface area (Å²) in [5.41, 5.74) is 6.43. The van der Waals surface area contributed by atoms with Crippen molar-refractivity contribution in [1.82, 2.24) is 20.2 Å². The lowest BCUT2D eigenvalue weighted by molar-refractivity contribution is 0.200. The molecule has 1 aliphatic heterocycles. The standard InChI is InChI=1S/C31H36N6O2/c1-3-16-32-31(38)33-25-12-14-26(15-13-25)39-22-21-36-17-19-37(20-18-36)28-7-5-6-27-29(28)35-30(34-27)24-10-8-23(4-2)9-11-24/h3,5-15H,1,4,16-22H2,2H3,(H,34,35)(H2,32,33,38). The molecule has 3 N–H and O–H groups in total. The fourth-order valence-electron chi connectivity index (χ4n) is 4.79. The number of piperazine rings is 1. The number of aromatic amines is 1. The minimum atomic E-state index is -0.256. The molecule has 1 aromatic heterocycles. The summed E-state index contributed by atoms with van der Waals surface area (Å²) in [7, 11) is 0.